The van der Waals surface area contributed by atoms with Gasteiger partial charge in [0.15, 0.2) is 28.7 Å². The van der Waals surface area contributed by atoms with Crippen LogP contribution in [0.4, 0.5) is 10.2 Å². The molecule has 0 spiro atoms. The lowest BCUT2D eigenvalue weighted by atomic mass is 10.1. The van der Waals surface area contributed by atoms with E-state index in [0.29, 0.717) is 31.8 Å². The fraction of sp³-hybridized carbons (Fsp3) is 0.375. The van der Waals surface area contributed by atoms with E-state index in [4.69, 9.17) is 19.7 Å². The van der Waals surface area contributed by atoms with Crippen molar-refractivity contribution in [1.29, 1.82) is 0 Å². The van der Waals surface area contributed by atoms with Crippen molar-refractivity contribution < 1.29 is 28.3 Å². The van der Waals surface area contributed by atoms with Gasteiger partial charge in [0.2, 0.25) is 0 Å². The Bertz CT molecular complexity index is 779. The van der Waals surface area contributed by atoms with E-state index in [1.807, 2.05) is 0 Å². The zero-order valence-electron chi connectivity index (χ0n) is 13.6. The zero-order chi connectivity index (χ0) is 18.0. The van der Waals surface area contributed by atoms with Crippen molar-refractivity contribution in [2.24, 2.45) is 5.73 Å². The number of aromatic carboxylic acids is 1. The van der Waals surface area contributed by atoms with Gasteiger partial charge < -0.3 is 29.7 Å². The fourth-order valence-electron chi connectivity index (χ4n) is 2.74. The SMILES string of the molecule is COc1cc(-c2onc(N3CCOC(CN)C3)c2C(=O)O)ccc1F. The number of hydrogen-bond donors (Lipinski definition) is 2. The van der Waals surface area contributed by atoms with Crippen LogP contribution in [-0.4, -0.2) is 55.7 Å². The van der Waals surface area contributed by atoms with Gasteiger partial charge >= 0.3 is 5.97 Å². The molecule has 1 aliphatic rings. The molecule has 134 valence electrons. The van der Waals surface area contributed by atoms with Gasteiger partial charge in [-0.3, -0.25) is 0 Å². The third-order valence-corrected chi connectivity index (χ3v) is 4.00. The van der Waals surface area contributed by atoms with Crippen LogP contribution in [0.3, 0.4) is 0 Å². The normalized spacial score (nSPS) is 17.6. The highest BCUT2D eigenvalue weighted by Gasteiger charge is 2.30. The third kappa shape index (κ3) is 3.28. The van der Waals surface area contributed by atoms with Gasteiger partial charge in [0.05, 0.1) is 19.8 Å². The van der Waals surface area contributed by atoms with E-state index >= 15 is 0 Å². The minimum Gasteiger partial charge on any atom is -0.494 e. The largest absolute Gasteiger partial charge is 0.494 e. The molecule has 3 rings (SSSR count). The number of nitrogens with two attached hydrogens (primary N) is 1. The number of halogens is 1. The van der Waals surface area contributed by atoms with Crippen molar-refractivity contribution in [2.75, 3.05) is 38.3 Å². The van der Waals surface area contributed by atoms with Crippen LogP contribution in [0.5, 0.6) is 5.75 Å². The molecule has 1 atom stereocenters. The van der Waals surface area contributed by atoms with Crippen molar-refractivity contribution in [2.45, 2.75) is 6.10 Å². The molecule has 0 saturated carbocycles. The van der Waals surface area contributed by atoms with Gasteiger partial charge in [-0.25, -0.2) is 9.18 Å². The number of aromatic nitrogens is 1. The van der Waals surface area contributed by atoms with Crippen molar-refractivity contribution in [3.8, 4) is 17.1 Å². The van der Waals surface area contributed by atoms with Crippen molar-refractivity contribution in [1.82, 2.24) is 5.16 Å². The third-order valence-electron chi connectivity index (χ3n) is 4.00. The van der Waals surface area contributed by atoms with Gasteiger partial charge in [-0.1, -0.05) is 5.16 Å². The van der Waals surface area contributed by atoms with Crippen LogP contribution in [-0.2, 0) is 4.74 Å². The maximum atomic E-state index is 13.6. The molecule has 1 aromatic carbocycles. The lowest BCUT2D eigenvalue weighted by molar-refractivity contribution is 0.0458. The van der Waals surface area contributed by atoms with E-state index in [1.165, 1.54) is 25.3 Å². The highest BCUT2D eigenvalue weighted by atomic mass is 19.1. The lowest BCUT2D eigenvalue weighted by Gasteiger charge is -2.32. The van der Waals surface area contributed by atoms with E-state index in [-0.39, 0.29) is 29.0 Å². The first-order valence-corrected chi connectivity index (χ1v) is 7.68. The summed E-state index contributed by atoms with van der Waals surface area (Å²) in [6, 6.07) is 3.96. The molecule has 1 fully saturated rings. The number of hydrogen-bond acceptors (Lipinski definition) is 7. The Labute approximate surface area is 142 Å². The van der Waals surface area contributed by atoms with Gasteiger partial charge in [0.1, 0.15) is 0 Å². The van der Waals surface area contributed by atoms with Crippen LogP contribution < -0.4 is 15.4 Å². The Morgan fingerprint density at radius 3 is 3.04 bits per heavy atom. The number of rotatable bonds is 5. The zero-order valence-corrected chi connectivity index (χ0v) is 13.6. The minimum absolute atomic E-state index is 0.0126. The predicted molar refractivity (Wildman–Crippen MR) is 86.4 cm³/mol. The van der Waals surface area contributed by atoms with Crippen LogP contribution in [0, 0.1) is 5.82 Å². The number of carbonyl (C=O) groups is 1. The molecule has 0 aliphatic carbocycles. The average molecular weight is 351 g/mol. The van der Waals surface area contributed by atoms with E-state index < -0.39 is 11.8 Å². The first kappa shape index (κ1) is 17.2. The molecular formula is C16H18FN3O5. The molecule has 25 heavy (non-hydrogen) atoms. The molecule has 1 unspecified atom stereocenters. The Morgan fingerprint density at radius 2 is 2.36 bits per heavy atom. The number of morpholine rings is 1. The predicted octanol–water partition coefficient (Wildman–Crippen LogP) is 1.35. The first-order chi connectivity index (χ1) is 12.0. The second kappa shape index (κ2) is 7.08. The molecule has 3 N–H and O–H groups in total. The number of carboxylic acids is 1. The van der Waals surface area contributed by atoms with Crippen molar-refractivity contribution >= 4 is 11.8 Å². The number of nitrogens with zero attached hydrogens (tertiary/aromatic N) is 2. The molecule has 1 aromatic heterocycles. The highest BCUT2D eigenvalue weighted by molar-refractivity contribution is 5.99. The Balaban J connectivity index is 2.02. The minimum atomic E-state index is -1.19. The van der Waals surface area contributed by atoms with E-state index in [9.17, 15) is 14.3 Å². The standard InChI is InChI=1S/C16H18FN3O5/c1-23-12-6-9(2-3-11(12)17)14-13(16(21)22)15(19-25-14)20-4-5-24-10(7-18)8-20/h2-3,6,10H,4-5,7-8,18H2,1H3,(H,21,22). The van der Waals surface area contributed by atoms with Crippen LogP contribution in [0.15, 0.2) is 22.7 Å². The van der Waals surface area contributed by atoms with E-state index in [0.717, 1.165) is 0 Å². The fourth-order valence-corrected chi connectivity index (χ4v) is 2.74. The summed E-state index contributed by atoms with van der Waals surface area (Å²) in [6.45, 7) is 1.61. The second-order valence-corrected chi connectivity index (χ2v) is 5.54. The molecule has 0 amide bonds. The topological polar surface area (TPSA) is 111 Å². The molecular weight excluding hydrogens is 333 g/mol. The van der Waals surface area contributed by atoms with Crippen LogP contribution in [0.2, 0.25) is 0 Å². The van der Waals surface area contributed by atoms with Gasteiger partial charge in [-0.2, -0.15) is 0 Å². The summed E-state index contributed by atoms with van der Waals surface area (Å²) in [4.78, 5) is 13.6. The first-order valence-electron chi connectivity index (χ1n) is 7.68. The number of methoxy groups -OCH3 is 1. The maximum absolute atomic E-state index is 13.6. The summed E-state index contributed by atoms with van der Waals surface area (Å²) >= 11 is 0. The lowest BCUT2D eigenvalue weighted by Crippen LogP contribution is -2.46. The monoisotopic (exact) mass is 351 g/mol. The summed E-state index contributed by atoms with van der Waals surface area (Å²) in [5.41, 5.74) is 5.89. The molecule has 8 nitrogen and oxygen atoms in total. The van der Waals surface area contributed by atoms with Gasteiger partial charge in [0, 0.05) is 25.2 Å². The summed E-state index contributed by atoms with van der Waals surface area (Å²) in [5, 5.41) is 13.6. The van der Waals surface area contributed by atoms with E-state index in [2.05, 4.69) is 5.16 Å². The number of anilines is 1. The average Bonchev–Trinajstić information content (AvgIpc) is 3.07. The Morgan fingerprint density at radius 1 is 1.56 bits per heavy atom. The molecule has 2 heterocycles. The van der Waals surface area contributed by atoms with Gasteiger partial charge in [-0.05, 0) is 18.2 Å². The van der Waals surface area contributed by atoms with Gasteiger partial charge in [-0.15, -0.1) is 0 Å². The molecule has 2 aromatic rings. The van der Waals surface area contributed by atoms with Crippen molar-refractivity contribution in [3.63, 3.8) is 0 Å². The van der Waals surface area contributed by atoms with Crippen LogP contribution in [0.1, 0.15) is 10.4 Å². The number of benzene rings is 1. The summed E-state index contributed by atoms with van der Waals surface area (Å²) in [6.07, 6.45) is -0.207. The molecule has 0 radical (unpaired) electrons. The number of carboxylic acid groups (broad SMARTS) is 1. The maximum Gasteiger partial charge on any atom is 0.343 e. The molecule has 1 aliphatic heterocycles. The smallest absolute Gasteiger partial charge is 0.343 e. The number of ether oxygens (including phenoxy) is 2. The quantitative estimate of drug-likeness (QED) is 0.830. The van der Waals surface area contributed by atoms with Gasteiger partial charge in [0.25, 0.3) is 0 Å². The van der Waals surface area contributed by atoms with Crippen molar-refractivity contribution in [3.05, 3.63) is 29.6 Å². The molecule has 0 bridgehead atoms. The summed E-state index contributed by atoms with van der Waals surface area (Å²) in [7, 11) is 1.33. The summed E-state index contributed by atoms with van der Waals surface area (Å²) in [5.74, 6) is -1.52. The van der Waals surface area contributed by atoms with Crippen LogP contribution in [0.25, 0.3) is 11.3 Å². The second-order valence-electron chi connectivity index (χ2n) is 5.54. The van der Waals surface area contributed by atoms with E-state index in [1.54, 1.807) is 4.90 Å². The molecule has 9 heteroatoms. The Hall–Kier alpha value is -2.65. The molecule has 1 saturated heterocycles. The summed E-state index contributed by atoms with van der Waals surface area (Å²) < 4.78 is 29.3. The highest BCUT2D eigenvalue weighted by Crippen LogP contribution is 2.34. The van der Waals surface area contributed by atoms with Crippen LogP contribution >= 0.6 is 0 Å². The Kier molecular flexibility index (Phi) is 4.86.